The van der Waals surface area contributed by atoms with Crippen molar-refractivity contribution in [2.45, 2.75) is 31.8 Å². The molecule has 3 aliphatic rings. The lowest BCUT2D eigenvalue weighted by atomic mass is 9.98. The number of piperidine rings is 1. The van der Waals surface area contributed by atoms with Gasteiger partial charge in [-0.1, -0.05) is 36.4 Å². The Kier molecular flexibility index (Phi) is 4.19. The van der Waals surface area contributed by atoms with Gasteiger partial charge < -0.3 is 20.3 Å². The van der Waals surface area contributed by atoms with Crippen LogP contribution in [0.4, 0.5) is 5.69 Å². The molecular formula is C22H22N2O4. The molecule has 2 aromatic rings. The van der Waals surface area contributed by atoms with Gasteiger partial charge in [-0.3, -0.25) is 9.69 Å². The van der Waals surface area contributed by atoms with Crippen molar-refractivity contribution in [1.82, 2.24) is 4.90 Å². The Labute approximate surface area is 163 Å². The largest absolute Gasteiger partial charge is 0.487 e. The number of carbonyl (C=O) groups is 1. The van der Waals surface area contributed by atoms with Crippen LogP contribution in [-0.2, 0) is 22.7 Å². The zero-order chi connectivity index (χ0) is 19.3. The number of amides is 1. The number of para-hydroxylation sites is 1. The number of rotatable bonds is 2. The monoisotopic (exact) mass is 378 g/mol. The molecule has 1 amide bonds. The summed E-state index contributed by atoms with van der Waals surface area (Å²) in [4.78, 5) is 14.7. The van der Waals surface area contributed by atoms with Crippen LogP contribution in [0.3, 0.4) is 0 Å². The summed E-state index contributed by atoms with van der Waals surface area (Å²) in [5.74, 6) is 0.509. The molecule has 0 unspecified atom stereocenters. The van der Waals surface area contributed by atoms with Crippen LogP contribution in [0.1, 0.15) is 28.7 Å². The number of anilines is 1. The molecule has 3 heterocycles. The summed E-state index contributed by atoms with van der Waals surface area (Å²) >= 11 is 0. The van der Waals surface area contributed by atoms with Crippen LogP contribution < -0.4 is 5.32 Å². The Hall–Kier alpha value is -2.67. The summed E-state index contributed by atoms with van der Waals surface area (Å²) in [6.07, 6.45) is -0.733. The highest BCUT2D eigenvalue weighted by atomic mass is 16.5. The molecule has 0 bridgehead atoms. The van der Waals surface area contributed by atoms with Crippen LogP contribution in [0.15, 0.2) is 42.5 Å². The highest BCUT2D eigenvalue weighted by Gasteiger charge is 2.32. The average molecular weight is 378 g/mol. The maximum atomic E-state index is 12.5. The van der Waals surface area contributed by atoms with Crippen molar-refractivity contribution < 1.29 is 19.7 Å². The fourth-order valence-corrected chi connectivity index (χ4v) is 4.25. The molecule has 3 aliphatic heterocycles. The molecule has 5 rings (SSSR count). The van der Waals surface area contributed by atoms with E-state index in [9.17, 15) is 15.0 Å². The van der Waals surface area contributed by atoms with Gasteiger partial charge in [0.15, 0.2) is 0 Å². The van der Waals surface area contributed by atoms with Gasteiger partial charge >= 0.3 is 0 Å². The highest BCUT2D eigenvalue weighted by Crippen LogP contribution is 2.41. The molecule has 0 saturated carbocycles. The second-order valence-electron chi connectivity index (χ2n) is 7.64. The quantitative estimate of drug-likeness (QED) is 0.696. The Morgan fingerprint density at radius 1 is 1.11 bits per heavy atom. The first kappa shape index (κ1) is 17.4. The lowest BCUT2D eigenvalue weighted by molar-refractivity contribution is -0.110. The molecule has 6 nitrogen and oxygen atoms in total. The number of nitrogens with one attached hydrogen (secondary N) is 1. The van der Waals surface area contributed by atoms with Crippen molar-refractivity contribution in [3.05, 3.63) is 64.7 Å². The number of fused-ring (bicyclic) bond motifs is 2. The van der Waals surface area contributed by atoms with Gasteiger partial charge in [-0.2, -0.15) is 0 Å². The third-order valence-corrected chi connectivity index (χ3v) is 5.72. The van der Waals surface area contributed by atoms with Gasteiger partial charge in [-0.05, 0) is 18.1 Å². The first-order valence-corrected chi connectivity index (χ1v) is 9.58. The summed E-state index contributed by atoms with van der Waals surface area (Å²) in [5, 5.41) is 22.5. The van der Waals surface area contributed by atoms with Crippen molar-refractivity contribution in [2.24, 2.45) is 0 Å². The molecule has 0 radical (unpaired) electrons. The van der Waals surface area contributed by atoms with Gasteiger partial charge in [0.1, 0.15) is 12.4 Å². The molecule has 144 valence electrons. The number of nitrogens with zero attached hydrogens (tertiary/aromatic N) is 1. The van der Waals surface area contributed by atoms with Crippen LogP contribution in [0, 0.1) is 0 Å². The first-order chi connectivity index (χ1) is 13.6. The number of carbonyl (C=O) groups excluding carboxylic acids is 1. The molecule has 2 aromatic carbocycles. The van der Waals surface area contributed by atoms with E-state index in [0.29, 0.717) is 37.4 Å². The fraction of sp³-hybridized carbons (Fsp3) is 0.318. The van der Waals surface area contributed by atoms with Gasteiger partial charge in [0.2, 0.25) is 0 Å². The third kappa shape index (κ3) is 2.90. The summed E-state index contributed by atoms with van der Waals surface area (Å²) < 4.78 is 5.94. The minimum absolute atomic E-state index is 0.131. The van der Waals surface area contributed by atoms with E-state index < -0.39 is 12.2 Å². The van der Waals surface area contributed by atoms with Gasteiger partial charge in [0.25, 0.3) is 5.91 Å². The molecule has 6 heteroatoms. The molecular weight excluding hydrogens is 356 g/mol. The standard InChI is InChI=1S/C22H22N2O4/c25-18-7-8-24(11-19(18)26)10-13-5-6-15-14(9-13)12-28-21(15)20-16-3-1-2-4-17(16)23-22(20)27/h1-6,9,18-19,25-26H,7-8,10-12H2,(H,23,27)/t18-,19+/m0/s1. The van der Waals surface area contributed by atoms with E-state index >= 15 is 0 Å². The zero-order valence-electron chi connectivity index (χ0n) is 15.4. The number of hydrogen-bond acceptors (Lipinski definition) is 5. The topological polar surface area (TPSA) is 82.0 Å². The number of hydrogen-bond donors (Lipinski definition) is 3. The normalized spacial score (nSPS) is 26.6. The molecule has 0 spiro atoms. The highest BCUT2D eigenvalue weighted by molar-refractivity contribution is 6.36. The fourth-order valence-electron chi connectivity index (χ4n) is 4.25. The summed E-state index contributed by atoms with van der Waals surface area (Å²) in [6.45, 7) is 2.39. The summed E-state index contributed by atoms with van der Waals surface area (Å²) in [6, 6.07) is 13.8. The molecule has 1 saturated heterocycles. The lowest BCUT2D eigenvalue weighted by Crippen LogP contribution is -2.46. The third-order valence-electron chi connectivity index (χ3n) is 5.72. The number of aliphatic hydroxyl groups excluding tert-OH is 2. The van der Waals surface area contributed by atoms with Crippen LogP contribution in [0.5, 0.6) is 0 Å². The van der Waals surface area contributed by atoms with Crippen molar-refractivity contribution >= 4 is 22.9 Å². The number of benzene rings is 2. The molecule has 3 N–H and O–H groups in total. The van der Waals surface area contributed by atoms with E-state index in [1.165, 1.54) is 0 Å². The maximum Gasteiger partial charge on any atom is 0.260 e. The summed E-state index contributed by atoms with van der Waals surface area (Å²) in [7, 11) is 0. The van der Waals surface area contributed by atoms with E-state index in [4.69, 9.17) is 4.74 Å². The van der Waals surface area contributed by atoms with Gasteiger partial charge in [-0.15, -0.1) is 0 Å². The number of ether oxygens (including phenoxy) is 1. The Bertz CT molecular complexity index is 984. The smallest absolute Gasteiger partial charge is 0.260 e. The number of likely N-dealkylation sites (tertiary alicyclic amines) is 1. The van der Waals surface area contributed by atoms with Gasteiger partial charge in [-0.25, -0.2) is 0 Å². The molecule has 28 heavy (non-hydrogen) atoms. The van der Waals surface area contributed by atoms with Crippen molar-refractivity contribution in [1.29, 1.82) is 0 Å². The number of aliphatic hydroxyl groups is 2. The molecule has 0 aliphatic carbocycles. The molecule has 2 atom stereocenters. The Balaban J connectivity index is 1.43. The first-order valence-electron chi connectivity index (χ1n) is 9.58. The van der Waals surface area contributed by atoms with Crippen LogP contribution in [-0.4, -0.2) is 46.3 Å². The zero-order valence-corrected chi connectivity index (χ0v) is 15.4. The molecule has 1 fully saturated rings. The van der Waals surface area contributed by atoms with Crippen LogP contribution >= 0.6 is 0 Å². The van der Waals surface area contributed by atoms with Crippen molar-refractivity contribution in [3.8, 4) is 0 Å². The van der Waals surface area contributed by atoms with E-state index in [1.807, 2.05) is 36.4 Å². The predicted octanol–water partition coefficient (Wildman–Crippen LogP) is 1.96. The average Bonchev–Trinajstić information content (AvgIpc) is 3.24. The minimum Gasteiger partial charge on any atom is -0.487 e. The second kappa shape index (κ2) is 6.74. The predicted molar refractivity (Wildman–Crippen MR) is 105 cm³/mol. The second-order valence-corrected chi connectivity index (χ2v) is 7.64. The van der Waals surface area contributed by atoms with Gasteiger partial charge in [0, 0.05) is 42.0 Å². The van der Waals surface area contributed by atoms with Crippen LogP contribution in [0.2, 0.25) is 0 Å². The molecule has 0 aromatic heterocycles. The van der Waals surface area contributed by atoms with Crippen molar-refractivity contribution in [2.75, 3.05) is 18.4 Å². The summed E-state index contributed by atoms with van der Waals surface area (Å²) in [5.41, 5.74) is 5.44. The maximum absolute atomic E-state index is 12.5. The van der Waals surface area contributed by atoms with Crippen LogP contribution in [0.25, 0.3) is 11.3 Å². The minimum atomic E-state index is -0.691. The van der Waals surface area contributed by atoms with Crippen molar-refractivity contribution in [3.63, 3.8) is 0 Å². The van der Waals surface area contributed by atoms with E-state index in [-0.39, 0.29) is 5.91 Å². The van der Waals surface area contributed by atoms with Gasteiger partial charge in [0.05, 0.1) is 17.8 Å². The van der Waals surface area contributed by atoms with E-state index in [2.05, 4.69) is 16.3 Å². The number of β-amino-alcohol motifs (C(OH)–C–C–N with tert-alkyl or cyclic N) is 1. The lowest BCUT2D eigenvalue weighted by Gasteiger charge is -2.33. The SMILES string of the molecule is O=C1Nc2ccccc2C1=C1OCc2cc(CN3CC[C@H](O)[C@H](O)C3)ccc21. The Morgan fingerprint density at radius 2 is 1.96 bits per heavy atom. The Morgan fingerprint density at radius 3 is 2.82 bits per heavy atom. The van der Waals surface area contributed by atoms with E-state index in [0.717, 1.165) is 34.5 Å². The van der Waals surface area contributed by atoms with E-state index in [1.54, 1.807) is 0 Å².